The van der Waals surface area contributed by atoms with E-state index in [1.54, 1.807) is 38.5 Å². The summed E-state index contributed by atoms with van der Waals surface area (Å²) in [5.74, 6) is 3.57. The van der Waals surface area contributed by atoms with E-state index in [4.69, 9.17) is 38.9 Å². The Labute approximate surface area is 384 Å². The standard InChI is InChI=1S/2C24H28N4O4.ClH/c2*1-16-7-8-18-20(13-16)26-22(19-5-3-4-6-21(19)29)27-23(18)28-10-9-17(15-28)14-25-24(30)32-12-11-31-2;/h2*3-8,13,17,29H,9-12,14-15H2,1-2H3,(H,25,30);1H/t2*17-;/m00./s1. The summed E-state index contributed by atoms with van der Waals surface area (Å²) in [6.07, 6.45) is 1.01. The predicted molar refractivity (Wildman–Crippen MR) is 253 cm³/mol. The second-order valence-corrected chi connectivity index (χ2v) is 16.0. The summed E-state index contributed by atoms with van der Waals surface area (Å²) >= 11 is 0. The number of hydrogen-bond donors (Lipinski definition) is 4. The van der Waals surface area contributed by atoms with Gasteiger partial charge in [-0.3, -0.25) is 0 Å². The number of rotatable bonds is 14. The molecule has 0 unspecified atom stereocenters. The maximum Gasteiger partial charge on any atom is 0.407 e. The summed E-state index contributed by atoms with van der Waals surface area (Å²) in [4.78, 5) is 47.3. The van der Waals surface area contributed by atoms with Crippen LogP contribution in [0.4, 0.5) is 21.2 Å². The number of carbonyl (C=O) groups is 2. The minimum Gasteiger partial charge on any atom is -0.507 e. The summed E-state index contributed by atoms with van der Waals surface area (Å²) in [5.41, 5.74) is 5.12. The Kier molecular flexibility index (Phi) is 16.9. The number of halogens is 1. The molecule has 0 radical (unpaired) electrons. The molecule has 6 aromatic rings. The van der Waals surface area contributed by atoms with Crippen LogP contribution in [0.2, 0.25) is 0 Å². The van der Waals surface area contributed by atoms with E-state index in [0.717, 1.165) is 83.6 Å². The second kappa shape index (κ2) is 22.9. The monoisotopic (exact) mass is 908 g/mol. The van der Waals surface area contributed by atoms with E-state index in [0.29, 0.717) is 49.1 Å². The SMILES string of the molecule is COCCOC(=O)NC[C@@H]1CCN(c2nc(-c3ccccc3O)nc3cc(C)ccc23)C1.COCCOC(=O)NC[C@@H]1CCN(c2nc(-c3ccccc3O)nc3cc(C)ccc23)C1.Cl. The average molecular weight is 909 g/mol. The van der Waals surface area contributed by atoms with Crippen molar-refractivity contribution in [2.24, 2.45) is 11.8 Å². The molecule has 4 heterocycles. The van der Waals surface area contributed by atoms with E-state index in [1.165, 1.54) is 0 Å². The molecule has 2 fully saturated rings. The Hall–Kier alpha value is -6.49. The highest BCUT2D eigenvalue weighted by Gasteiger charge is 2.28. The van der Waals surface area contributed by atoms with Gasteiger partial charge < -0.3 is 49.6 Å². The minimum atomic E-state index is -0.426. The number of nitrogens with one attached hydrogen (secondary N) is 2. The molecule has 16 nitrogen and oxygen atoms in total. The third-order valence-electron chi connectivity index (χ3n) is 11.2. The molecule has 2 atom stereocenters. The van der Waals surface area contributed by atoms with Gasteiger partial charge >= 0.3 is 12.2 Å². The number of phenolic OH excluding ortho intramolecular Hbond substituents is 2. The van der Waals surface area contributed by atoms with Gasteiger partial charge in [-0.25, -0.2) is 29.5 Å². The number of amides is 2. The van der Waals surface area contributed by atoms with E-state index in [-0.39, 0.29) is 49.0 Å². The lowest BCUT2D eigenvalue weighted by atomic mass is 10.1. The van der Waals surface area contributed by atoms with Crippen molar-refractivity contribution in [2.75, 3.05) is 89.7 Å². The topological polar surface area (TPSA) is 194 Å². The number of anilines is 2. The zero-order valence-electron chi connectivity index (χ0n) is 37.2. The number of methoxy groups -OCH3 is 2. The first-order valence-corrected chi connectivity index (χ1v) is 21.5. The van der Waals surface area contributed by atoms with E-state index >= 15 is 0 Å². The third kappa shape index (κ3) is 12.4. The Morgan fingerprint density at radius 2 is 1.03 bits per heavy atom. The van der Waals surface area contributed by atoms with Crippen LogP contribution < -0.4 is 20.4 Å². The lowest BCUT2D eigenvalue weighted by molar-refractivity contribution is 0.0976. The molecular weight excluding hydrogens is 852 g/mol. The molecule has 2 amide bonds. The molecule has 8 rings (SSSR count). The van der Waals surface area contributed by atoms with Crippen molar-refractivity contribution in [1.82, 2.24) is 30.6 Å². The number of ether oxygens (including phenoxy) is 4. The highest BCUT2D eigenvalue weighted by atomic mass is 35.5. The first kappa shape index (κ1) is 48.0. The first-order chi connectivity index (χ1) is 31.1. The van der Waals surface area contributed by atoms with Gasteiger partial charge in [-0.15, -0.1) is 12.4 Å². The van der Waals surface area contributed by atoms with Crippen LogP contribution in [-0.4, -0.2) is 122 Å². The molecule has 0 aliphatic carbocycles. The van der Waals surface area contributed by atoms with Gasteiger partial charge in [0.05, 0.1) is 35.4 Å². The highest BCUT2D eigenvalue weighted by molar-refractivity contribution is 5.93. The fourth-order valence-corrected chi connectivity index (χ4v) is 7.87. The number of fused-ring (bicyclic) bond motifs is 2. The van der Waals surface area contributed by atoms with E-state index in [9.17, 15) is 19.8 Å². The summed E-state index contributed by atoms with van der Waals surface area (Å²) in [7, 11) is 3.13. The van der Waals surface area contributed by atoms with Crippen LogP contribution in [0.15, 0.2) is 84.9 Å². The number of phenols is 2. The molecule has 65 heavy (non-hydrogen) atoms. The molecular formula is C48H57ClN8O8. The van der Waals surface area contributed by atoms with Crippen molar-refractivity contribution in [2.45, 2.75) is 26.7 Å². The summed E-state index contributed by atoms with van der Waals surface area (Å²) in [6.45, 7) is 9.55. The minimum absolute atomic E-state index is 0. The number of alkyl carbamates (subject to hydrolysis) is 2. The van der Waals surface area contributed by atoms with Crippen LogP contribution >= 0.6 is 12.4 Å². The highest BCUT2D eigenvalue weighted by Crippen LogP contribution is 2.36. The number of hydrogen-bond acceptors (Lipinski definition) is 14. The number of aryl methyl sites for hydroxylation is 2. The van der Waals surface area contributed by atoms with Crippen LogP contribution in [0, 0.1) is 25.7 Å². The van der Waals surface area contributed by atoms with Crippen molar-refractivity contribution in [3.63, 3.8) is 0 Å². The third-order valence-corrected chi connectivity index (χ3v) is 11.2. The van der Waals surface area contributed by atoms with Crippen LogP contribution in [0.3, 0.4) is 0 Å². The van der Waals surface area contributed by atoms with Crippen molar-refractivity contribution in [3.05, 3.63) is 96.1 Å². The van der Waals surface area contributed by atoms with Gasteiger partial charge in [0.25, 0.3) is 0 Å². The molecule has 4 N–H and O–H groups in total. The molecule has 2 aliphatic heterocycles. The number of nitrogens with zero attached hydrogens (tertiary/aromatic N) is 6. The van der Waals surface area contributed by atoms with Gasteiger partial charge in [0.15, 0.2) is 11.6 Å². The summed E-state index contributed by atoms with van der Waals surface area (Å²) < 4.78 is 19.9. The van der Waals surface area contributed by atoms with Gasteiger partial charge in [0, 0.05) is 64.3 Å². The largest absolute Gasteiger partial charge is 0.507 e. The van der Waals surface area contributed by atoms with E-state index in [1.807, 2.05) is 62.4 Å². The molecule has 0 spiro atoms. The molecule has 4 aromatic carbocycles. The fourth-order valence-electron chi connectivity index (χ4n) is 7.87. The number of aromatic hydroxyl groups is 2. The molecule has 2 saturated heterocycles. The maximum atomic E-state index is 11.8. The Balaban J connectivity index is 0.000000212. The smallest absolute Gasteiger partial charge is 0.407 e. The molecule has 2 aliphatic rings. The summed E-state index contributed by atoms with van der Waals surface area (Å²) in [5, 5.41) is 28.3. The first-order valence-electron chi connectivity index (χ1n) is 21.5. The van der Waals surface area contributed by atoms with Gasteiger partial charge in [-0.05, 0) is 98.2 Å². The zero-order valence-corrected chi connectivity index (χ0v) is 38.0. The number of aromatic nitrogens is 4. The lowest BCUT2D eigenvalue weighted by Gasteiger charge is -2.21. The number of para-hydroxylation sites is 2. The van der Waals surface area contributed by atoms with Crippen LogP contribution in [0.1, 0.15) is 24.0 Å². The van der Waals surface area contributed by atoms with Crippen LogP contribution in [-0.2, 0) is 18.9 Å². The van der Waals surface area contributed by atoms with Gasteiger partial charge in [-0.1, -0.05) is 36.4 Å². The van der Waals surface area contributed by atoms with Crippen molar-refractivity contribution in [1.29, 1.82) is 0 Å². The lowest BCUT2D eigenvalue weighted by Crippen LogP contribution is -2.32. The average Bonchev–Trinajstić information content (AvgIpc) is 3.98. The molecule has 0 saturated carbocycles. The van der Waals surface area contributed by atoms with Crippen molar-refractivity contribution < 1.29 is 38.7 Å². The van der Waals surface area contributed by atoms with Crippen molar-refractivity contribution >= 4 is 58.0 Å². The second-order valence-electron chi connectivity index (χ2n) is 16.0. The van der Waals surface area contributed by atoms with Gasteiger partial charge in [-0.2, -0.15) is 0 Å². The van der Waals surface area contributed by atoms with Crippen LogP contribution in [0.5, 0.6) is 11.5 Å². The molecule has 17 heteroatoms. The molecule has 2 aromatic heterocycles. The number of carbonyl (C=O) groups excluding carboxylic acids is 2. The molecule has 0 bridgehead atoms. The van der Waals surface area contributed by atoms with E-state index < -0.39 is 12.2 Å². The Morgan fingerprint density at radius 1 is 0.615 bits per heavy atom. The predicted octanol–water partition coefficient (Wildman–Crippen LogP) is 7.44. The fraction of sp³-hybridized carbons (Fsp3) is 0.375. The number of benzene rings is 4. The van der Waals surface area contributed by atoms with Gasteiger partial charge in [0.2, 0.25) is 0 Å². The Bertz CT molecular complexity index is 2390. The van der Waals surface area contributed by atoms with Gasteiger partial charge in [0.1, 0.15) is 36.3 Å². The molecule has 344 valence electrons. The zero-order chi connectivity index (χ0) is 45.0. The van der Waals surface area contributed by atoms with E-state index in [2.05, 4.69) is 32.6 Å². The Morgan fingerprint density at radius 3 is 1.43 bits per heavy atom. The van der Waals surface area contributed by atoms with Crippen LogP contribution in [0.25, 0.3) is 44.6 Å². The quantitative estimate of drug-likeness (QED) is 0.0788. The summed E-state index contributed by atoms with van der Waals surface area (Å²) in [6, 6.07) is 26.5. The maximum absolute atomic E-state index is 11.8. The van der Waals surface area contributed by atoms with Crippen molar-refractivity contribution in [3.8, 4) is 34.3 Å². The normalized spacial score (nSPS) is 15.6.